The fourth-order valence-electron chi connectivity index (χ4n) is 2.36. The molecule has 1 saturated heterocycles. The molecule has 0 aliphatic carbocycles. The first kappa shape index (κ1) is 11.0. The molecule has 0 spiro atoms. The number of nitrogens with two attached hydrogens (primary N) is 1. The van der Waals surface area contributed by atoms with Gasteiger partial charge in [-0.3, -0.25) is 4.90 Å². The molecular weight excluding hydrogens is 206 g/mol. The van der Waals surface area contributed by atoms with Gasteiger partial charge in [-0.2, -0.15) is 0 Å². The molecule has 1 aromatic rings. The molecule has 4 heteroatoms. The molecule has 0 aromatic carbocycles. The van der Waals surface area contributed by atoms with Crippen LogP contribution >= 0.6 is 11.3 Å². The molecule has 2 unspecified atom stereocenters. The van der Waals surface area contributed by atoms with E-state index in [1.807, 2.05) is 11.6 Å². The summed E-state index contributed by atoms with van der Waals surface area (Å²) >= 11 is 1.73. The largest absolute Gasteiger partial charge is 0.326 e. The van der Waals surface area contributed by atoms with E-state index >= 15 is 0 Å². The van der Waals surface area contributed by atoms with Crippen molar-refractivity contribution >= 4 is 11.3 Å². The van der Waals surface area contributed by atoms with Crippen LogP contribution in [0.4, 0.5) is 0 Å². The standard InChI is InChI=1S/C11H19N3S/c1-2-6-14-7-3-4-9(12)10(14)11-13-5-8-15-11/h5,8-10H,2-4,6-7,12H2,1H3. The van der Waals surface area contributed by atoms with Crippen molar-refractivity contribution in [1.82, 2.24) is 9.88 Å². The number of hydrogen-bond donors (Lipinski definition) is 1. The number of hydrogen-bond acceptors (Lipinski definition) is 4. The van der Waals surface area contributed by atoms with Crippen LogP contribution in [0.1, 0.15) is 37.2 Å². The van der Waals surface area contributed by atoms with Crippen molar-refractivity contribution in [2.75, 3.05) is 13.1 Å². The molecule has 1 aliphatic heterocycles. The molecular formula is C11H19N3S. The normalized spacial score (nSPS) is 28.1. The van der Waals surface area contributed by atoms with E-state index in [0.29, 0.717) is 6.04 Å². The fourth-order valence-corrected chi connectivity index (χ4v) is 3.20. The second kappa shape index (κ2) is 5.05. The van der Waals surface area contributed by atoms with Crippen molar-refractivity contribution in [2.24, 2.45) is 5.73 Å². The van der Waals surface area contributed by atoms with Gasteiger partial charge in [0.1, 0.15) is 5.01 Å². The lowest BCUT2D eigenvalue weighted by Gasteiger charge is -2.38. The zero-order valence-corrected chi connectivity index (χ0v) is 10.0. The molecule has 1 aliphatic rings. The van der Waals surface area contributed by atoms with Gasteiger partial charge in [-0.15, -0.1) is 11.3 Å². The van der Waals surface area contributed by atoms with E-state index in [-0.39, 0.29) is 6.04 Å². The number of piperidine rings is 1. The van der Waals surface area contributed by atoms with E-state index in [1.165, 1.54) is 24.4 Å². The van der Waals surface area contributed by atoms with Crippen LogP contribution in [-0.2, 0) is 0 Å². The predicted molar refractivity (Wildman–Crippen MR) is 63.9 cm³/mol. The van der Waals surface area contributed by atoms with Crippen LogP contribution in [0, 0.1) is 0 Å². The van der Waals surface area contributed by atoms with Crippen LogP contribution < -0.4 is 5.73 Å². The highest BCUT2D eigenvalue weighted by molar-refractivity contribution is 7.09. The maximum absolute atomic E-state index is 6.22. The lowest BCUT2D eigenvalue weighted by Crippen LogP contribution is -2.46. The Morgan fingerprint density at radius 1 is 1.67 bits per heavy atom. The molecule has 2 atom stereocenters. The van der Waals surface area contributed by atoms with Crippen molar-refractivity contribution in [1.29, 1.82) is 0 Å². The lowest BCUT2D eigenvalue weighted by atomic mass is 9.97. The second-order valence-corrected chi connectivity index (χ2v) is 5.08. The molecule has 1 fully saturated rings. The number of thiazole rings is 1. The zero-order chi connectivity index (χ0) is 10.7. The van der Waals surface area contributed by atoms with Gasteiger partial charge >= 0.3 is 0 Å². The predicted octanol–water partition coefficient (Wildman–Crippen LogP) is 2.02. The summed E-state index contributed by atoms with van der Waals surface area (Å²) < 4.78 is 0. The van der Waals surface area contributed by atoms with Gasteiger partial charge in [-0.1, -0.05) is 6.92 Å². The van der Waals surface area contributed by atoms with Crippen molar-refractivity contribution in [3.8, 4) is 0 Å². The van der Waals surface area contributed by atoms with Crippen LogP contribution in [0.3, 0.4) is 0 Å². The molecule has 84 valence electrons. The first-order chi connectivity index (χ1) is 7.33. The van der Waals surface area contributed by atoms with Gasteiger partial charge in [0, 0.05) is 17.6 Å². The average Bonchev–Trinajstić information content (AvgIpc) is 2.71. The van der Waals surface area contributed by atoms with Gasteiger partial charge in [-0.05, 0) is 32.4 Å². The molecule has 0 saturated carbocycles. The highest BCUT2D eigenvalue weighted by Gasteiger charge is 2.31. The summed E-state index contributed by atoms with van der Waals surface area (Å²) in [6.45, 7) is 4.53. The minimum Gasteiger partial charge on any atom is -0.326 e. The lowest BCUT2D eigenvalue weighted by molar-refractivity contribution is 0.128. The van der Waals surface area contributed by atoms with E-state index < -0.39 is 0 Å². The Morgan fingerprint density at radius 2 is 2.53 bits per heavy atom. The SMILES string of the molecule is CCCN1CCCC(N)C1c1nccs1. The third-order valence-electron chi connectivity index (χ3n) is 3.00. The highest BCUT2D eigenvalue weighted by atomic mass is 32.1. The summed E-state index contributed by atoms with van der Waals surface area (Å²) in [4.78, 5) is 6.91. The third-order valence-corrected chi connectivity index (χ3v) is 3.84. The summed E-state index contributed by atoms with van der Waals surface area (Å²) in [7, 11) is 0. The van der Waals surface area contributed by atoms with E-state index in [9.17, 15) is 0 Å². The maximum atomic E-state index is 6.22. The maximum Gasteiger partial charge on any atom is 0.111 e. The van der Waals surface area contributed by atoms with Gasteiger partial charge < -0.3 is 5.73 Å². The number of aromatic nitrogens is 1. The summed E-state index contributed by atoms with van der Waals surface area (Å²) in [5.41, 5.74) is 6.22. The summed E-state index contributed by atoms with van der Waals surface area (Å²) in [6, 6.07) is 0.621. The van der Waals surface area contributed by atoms with Crippen LogP contribution in [0.5, 0.6) is 0 Å². The van der Waals surface area contributed by atoms with Gasteiger partial charge in [0.25, 0.3) is 0 Å². The quantitative estimate of drug-likeness (QED) is 0.855. The van der Waals surface area contributed by atoms with Crippen molar-refractivity contribution in [2.45, 2.75) is 38.3 Å². The van der Waals surface area contributed by atoms with Crippen LogP contribution in [0.25, 0.3) is 0 Å². The molecule has 0 radical (unpaired) electrons. The topological polar surface area (TPSA) is 42.1 Å². The Balaban J connectivity index is 2.15. The summed E-state index contributed by atoms with van der Waals surface area (Å²) in [5, 5.41) is 3.23. The first-order valence-corrected chi connectivity index (χ1v) is 6.60. The van der Waals surface area contributed by atoms with Gasteiger partial charge in [0.2, 0.25) is 0 Å². The minimum absolute atomic E-state index is 0.261. The molecule has 2 heterocycles. The smallest absolute Gasteiger partial charge is 0.111 e. The van der Waals surface area contributed by atoms with Gasteiger partial charge in [-0.25, -0.2) is 4.98 Å². The Morgan fingerprint density at radius 3 is 3.20 bits per heavy atom. The summed E-state index contributed by atoms with van der Waals surface area (Å²) in [5.74, 6) is 0. The van der Waals surface area contributed by atoms with E-state index in [0.717, 1.165) is 13.0 Å². The van der Waals surface area contributed by atoms with E-state index in [1.54, 1.807) is 11.3 Å². The Kier molecular flexibility index (Phi) is 3.72. The zero-order valence-electron chi connectivity index (χ0n) is 9.22. The average molecular weight is 225 g/mol. The summed E-state index contributed by atoms with van der Waals surface area (Å²) in [6.07, 6.45) is 5.42. The number of likely N-dealkylation sites (tertiary alicyclic amines) is 1. The van der Waals surface area contributed by atoms with E-state index in [2.05, 4.69) is 16.8 Å². The highest BCUT2D eigenvalue weighted by Crippen LogP contribution is 2.31. The fraction of sp³-hybridized carbons (Fsp3) is 0.727. The third kappa shape index (κ3) is 2.38. The molecule has 1 aromatic heterocycles. The van der Waals surface area contributed by atoms with Crippen LogP contribution in [0.15, 0.2) is 11.6 Å². The Labute approximate surface area is 95.3 Å². The van der Waals surface area contributed by atoms with Gasteiger partial charge in [0.15, 0.2) is 0 Å². The molecule has 2 rings (SSSR count). The van der Waals surface area contributed by atoms with Gasteiger partial charge in [0.05, 0.1) is 6.04 Å². The van der Waals surface area contributed by atoms with Crippen molar-refractivity contribution in [3.05, 3.63) is 16.6 Å². The van der Waals surface area contributed by atoms with Crippen LogP contribution in [0.2, 0.25) is 0 Å². The molecule has 0 amide bonds. The number of nitrogens with zero attached hydrogens (tertiary/aromatic N) is 2. The minimum atomic E-state index is 0.261. The number of rotatable bonds is 3. The van der Waals surface area contributed by atoms with E-state index in [4.69, 9.17) is 5.73 Å². The Bertz CT molecular complexity index is 284. The van der Waals surface area contributed by atoms with Crippen molar-refractivity contribution in [3.63, 3.8) is 0 Å². The van der Waals surface area contributed by atoms with Crippen LogP contribution in [-0.4, -0.2) is 29.0 Å². The molecule has 15 heavy (non-hydrogen) atoms. The molecule has 0 bridgehead atoms. The molecule has 3 nitrogen and oxygen atoms in total. The monoisotopic (exact) mass is 225 g/mol. The van der Waals surface area contributed by atoms with Crippen molar-refractivity contribution < 1.29 is 0 Å². The Hall–Kier alpha value is -0.450. The second-order valence-electron chi connectivity index (χ2n) is 4.16. The first-order valence-electron chi connectivity index (χ1n) is 5.72. The molecule has 2 N–H and O–H groups in total.